The maximum Gasteiger partial charge on any atom is 0.171 e. The van der Waals surface area contributed by atoms with Crippen LogP contribution in [0.25, 0.3) is 0 Å². The fourth-order valence-electron chi connectivity index (χ4n) is 1.10. The molecule has 0 atom stereocenters. The van der Waals surface area contributed by atoms with Crippen molar-refractivity contribution in [1.29, 1.82) is 0 Å². The van der Waals surface area contributed by atoms with Crippen molar-refractivity contribution in [2.45, 2.75) is 6.54 Å². The summed E-state index contributed by atoms with van der Waals surface area (Å²) in [5.41, 5.74) is 0.327. The number of methoxy groups -OCH3 is 1. The van der Waals surface area contributed by atoms with Gasteiger partial charge < -0.3 is 14.2 Å². The summed E-state index contributed by atoms with van der Waals surface area (Å²) in [6.45, 7) is 3.31. The van der Waals surface area contributed by atoms with Crippen molar-refractivity contribution in [3.8, 4) is 0 Å². The summed E-state index contributed by atoms with van der Waals surface area (Å²) in [6.07, 6.45) is 2.24. The van der Waals surface area contributed by atoms with E-state index in [0.717, 1.165) is 0 Å². The van der Waals surface area contributed by atoms with Gasteiger partial charge in [-0.25, -0.2) is 4.68 Å². The van der Waals surface area contributed by atoms with Gasteiger partial charge in [0, 0.05) is 7.11 Å². The predicted octanol–water partition coefficient (Wildman–Crippen LogP) is -0.230. The molecule has 0 aliphatic heterocycles. The van der Waals surface area contributed by atoms with Crippen LogP contribution in [-0.4, -0.2) is 61.4 Å². The Bertz CT molecular complexity index is 316. The minimum atomic E-state index is 0.327. The van der Waals surface area contributed by atoms with Crippen LogP contribution in [-0.2, 0) is 20.8 Å². The Balaban J connectivity index is 1.95. The molecule has 17 heavy (non-hydrogen) atoms. The van der Waals surface area contributed by atoms with Crippen LogP contribution in [0.2, 0.25) is 0 Å². The molecule has 0 spiro atoms. The van der Waals surface area contributed by atoms with Crippen molar-refractivity contribution >= 4 is 6.29 Å². The second-order valence-corrected chi connectivity index (χ2v) is 3.24. The number of aldehydes is 1. The molecule has 0 aliphatic rings. The molecular weight excluding hydrogens is 226 g/mol. The molecule has 0 amide bonds. The summed E-state index contributed by atoms with van der Waals surface area (Å²) in [4.78, 5) is 10.3. The molecule has 1 aromatic heterocycles. The summed E-state index contributed by atoms with van der Waals surface area (Å²) in [5.74, 6) is 0. The first-order valence-corrected chi connectivity index (χ1v) is 5.36. The van der Waals surface area contributed by atoms with Crippen LogP contribution >= 0.6 is 0 Å². The Morgan fingerprint density at radius 3 is 2.59 bits per heavy atom. The van der Waals surface area contributed by atoms with E-state index in [1.54, 1.807) is 18.0 Å². The van der Waals surface area contributed by atoms with Gasteiger partial charge in [0.25, 0.3) is 0 Å². The Morgan fingerprint density at radius 2 is 1.94 bits per heavy atom. The molecule has 0 bridgehead atoms. The molecule has 1 aromatic rings. The molecule has 0 saturated carbocycles. The SMILES string of the molecule is COCCOCCOCCn1cc(C=O)nn1. The third-order valence-electron chi connectivity index (χ3n) is 1.95. The van der Waals surface area contributed by atoms with Crippen LogP contribution in [0.5, 0.6) is 0 Å². The van der Waals surface area contributed by atoms with E-state index in [4.69, 9.17) is 14.2 Å². The van der Waals surface area contributed by atoms with E-state index in [9.17, 15) is 4.79 Å². The van der Waals surface area contributed by atoms with E-state index in [2.05, 4.69) is 10.3 Å². The molecule has 7 nitrogen and oxygen atoms in total. The monoisotopic (exact) mass is 243 g/mol. The van der Waals surface area contributed by atoms with Gasteiger partial charge in [0.2, 0.25) is 0 Å². The van der Waals surface area contributed by atoms with Crippen LogP contribution in [0.15, 0.2) is 6.20 Å². The molecule has 0 radical (unpaired) electrons. The average molecular weight is 243 g/mol. The van der Waals surface area contributed by atoms with Crippen molar-refractivity contribution in [3.63, 3.8) is 0 Å². The topological polar surface area (TPSA) is 75.5 Å². The summed E-state index contributed by atoms with van der Waals surface area (Å²) in [6, 6.07) is 0. The van der Waals surface area contributed by atoms with Crippen molar-refractivity contribution in [2.24, 2.45) is 0 Å². The van der Waals surface area contributed by atoms with Crippen molar-refractivity contribution in [2.75, 3.05) is 40.1 Å². The highest BCUT2D eigenvalue weighted by Crippen LogP contribution is 1.89. The van der Waals surface area contributed by atoms with Gasteiger partial charge in [-0.15, -0.1) is 5.10 Å². The summed E-state index contributed by atoms with van der Waals surface area (Å²) >= 11 is 0. The normalized spacial score (nSPS) is 10.6. The van der Waals surface area contributed by atoms with Gasteiger partial charge in [-0.1, -0.05) is 5.21 Å². The lowest BCUT2D eigenvalue weighted by molar-refractivity contribution is 0.0224. The van der Waals surface area contributed by atoms with Gasteiger partial charge >= 0.3 is 0 Å². The molecule has 0 aromatic carbocycles. The number of hydrogen-bond donors (Lipinski definition) is 0. The van der Waals surface area contributed by atoms with E-state index >= 15 is 0 Å². The second-order valence-electron chi connectivity index (χ2n) is 3.24. The number of carbonyl (C=O) groups excluding carboxylic acids is 1. The third-order valence-corrected chi connectivity index (χ3v) is 1.95. The lowest BCUT2D eigenvalue weighted by Crippen LogP contribution is -2.12. The largest absolute Gasteiger partial charge is 0.382 e. The average Bonchev–Trinajstić information content (AvgIpc) is 2.80. The van der Waals surface area contributed by atoms with Crippen LogP contribution < -0.4 is 0 Å². The molecule has 1 heterocycles. The molecule has 0 aliphatic carbocycles. The van der Waals surface area contributed by atoms with Gasteiger partial charge in [0.1, 0.15) is 5.69 Å². The zero-order valence-corrected chi connectivity index (χ0v) is 9.87. The highest BCUT2D eigenvalue weighted by Gasteiger charge is 1.98. The molecule has 0 unspecified atom stereocenters. The molecule has 0 saturated heterocycles. The molecular formula is C10H17N3O4. The number of ether oxygens (including phenoxy) is 3. The first kappa shape index (κ1) is 13.8. The number of nitrogens with zero attached hydrogens (tertiary/aromatic N) is 3. The standard InChI is InChI=1S/C10H17N3O4/c1-15-4-5-17-7-6-16-3-2-13-8-10(9-14)11-12-13/h8-9H,2-7H2,1H3. The first-order chi connectivity index (χ1) is 8.36. The lowest BCUT2D eigenvalue weighted by Gasteiger charge is -2.05. The highest BCUT2D eigenvalue weighted by atomic mass is 16.5. The fraction of sp³-hybridized carbons (Fsp3) is 0.700. The van der Waals surface area contributed by atoms with Gasteiger partial charge in [-0.2, -0.15) is 0 Å². The van der Waals surface area contributed by atoms with Gasteiger partial charge in [0.05, 0.1) is 45.8 Å². The number of carbonyl (C=O) groups is 1. The smallest absolute Gasteiger partial charge is 0.171 e. The summed E-state index contributed by atoms with van der Waals surface area (Å²) < 4.78 is 16.9. The van der Waals surface area contributed by atoms with E-state index < -0.39 is 0 Å². The number of aromatic nitrogens is 3. The van der Waals surface area contributed by atoms with Crippen molar-refractivity contribution in [3.05, 3.63) is 11.9 Å². The first-order valence-electron chi connectivity index (χ1n) is 5.36. The Hall–Kier alpha value is -1.31. The van der Waals surface area contributed by atoms with E-state index in [0.29, 0.717) is 51.6 Å². The van der Waals surface area contributed by atoms with Crippen LogP contribution in [0.3, 0.4) is 0 Å². The Morgan fingerprint density at radius 1 is 1.24 bits per heavy atom. The highest BCUT2D eigenvalue weighted by molar-refractivity contribution is 5.70. The fourth-order valence-corrected chi connectivity index (χ4v) is 1.10. The molecule has 1 rings (SSSR count). The van der Waals surface area contributed by atoms with Gasteiger partial charge in [0.15, 0.2) is 6.29 Å². The van der Waals surface area contributed by atoms with E-state index in [1.807, 2.05) is 0 Å². The minimum Gasteiger partial charge on any atom is -0.382 e. The van der Waals surface area contributed by atoms with Crippen molar-refractivity contribution < 1.29 is 19.0 Å². The molecule has 96 valence electrons. The summed E-state index contributed by atoms with van der Waals surface area (Å²) in [5, 5.41) is 7.39. The zero-order chi connectivity index (χ0) is 12.3. The van der Waals surface area contributed by atoms with Gasteiger partial charge in [-0.05, 0) is 0 Å². The molecule has 7 heteroatoms. The molecule has 0 N–H and O–H groups in total. The van der Waals surface area contributed by atoms with E-state index in [-0.39, 0.29) is 0 Å². The maximum absolute atomic E-state index is 10.3. The zero-order valence-electron chi connectivity index (χ0n) is 9.87. The maximum atomic E-state index is 10.3. The lowest BCUT2D eigenvalue weighted by atomic mass is 10.5. The van der Waals surface area contributed by atoms with Crippen LogP contribution in [0.1, 0.15) is 10.5 Å². The van der Waals surface area contributed by atoms with Crippen LogP contribution in [0.4, 0.5) is 0 Å². The minimum absolute atomic E-state index is 0.327. The number of hydrogen-bond acceptors (Lipinski definition) is 6. The second kappa shape index (κ2) is 8.80. The Kier molecular flexibility index (Phi) is 7.12. The van der Waals surface area contributed by atoms with Gasteiger partial charge in [-0.3, -0.25) is 4.79 Å². The predicted molar refractivity (Wildman–Crippen MR) is 58.9 cm³/mol. The molecule has 0 fully saturated rings. The quantitative estimate of drug-likeness (QED) is 0.417. The third kappa shape index (κ3) is 6.10. The van der Waals surface area contributed by atoms with E-state index in [1.165, 1.54) is 0 Å². The Labute approximate surface area is 99.6 Å². The number of rotatable bonds is 10. The summed E-state index contributed by atoms with van der Waals surface area (Å²) in [7, 11) is 1.63. The van der Waals surface area contributed by atoms with Crippen molar-refractivity contribution in [1.82, 2.24) is 15.0 Å². The van der Waals surface area contributed by atoms with Crippen LogP contribution in [0, 0.1) is 0 Å².